The van der Waals surface area contributed by atoms with Crippen LogP contribution in [0.1, 0.15) is 34.6 Å². The molecular weight excluding hydrogens is 446 g/mol. The van der Waals surface area contributed by atoms with Gasteiger partial charge in [0.25, 0.3) is 8.32 Å². The molecule has 0 spiro atoms. The monoisotopic (exact) mass is 475 g/mol. The highest BCUT2D eigenvalue weighted by Gasteiger charge is 2.65. The Morgan fingerprint density at radius 1 is 1.00 bits per heavy atom. The lowest BCUT2D eigenvalue weighted by Gasteiger charge is -2.44. The minimum Gasteiger partial charge on any atom is -0.405 e. The van der Waals surface area contributed by atoms with Gasteiger partial charge in [-0.2, -0.15) is 0 Å². The van der Waals surface area contributed by atoms with Gasteiger partial charge >= 0.3 is 0 Å². The standard InChI is InChI=1S/C24H30ClNO5Si/c1-22(2,3)32(17-12-8-6-9-13-17,18-14-10-7-11-15-18)28-16-19-24(25,26-27)20-21(29-19)31-23(4,5)30-20/h6-15,19-21H,16H2,1-5H3/t19-,20+,21?,24-/m1/s1. The minimum atomic E-state index is -2.82. The number of rotatable bonds is 6. The molecule has 4 rings (SSSR count). The van der Waals surface area contributed by atoms with Crippen molar-refractivity contribution in [2.24, 2.45) is 5.18 Å². The topological polar surface area (TPSA) is 66.3 Å². The molecule has 0 aliphatic carbocycles. The van der Waals surface area contributed by atoms with Crippen LogP contribution in [0.15, 0.2) is 65.8 Å². The largest absolute Gasteiger partial charge is 0.405 e. The lowest BCUT2D eigenvalue weighted by Crippen LogP contribution is -2.67. The number of ether oxygens (including phenoxy) is 3. The molecule has 2 aliphatic rings. The first-order chi connectivity index (χ1) is 15.0. The summed E-state index contributed by atoms with van der Waals surface area (Å²) in [5, 5.41) is 5.28. The van der Waals surface area contributed by atoms with Crippen LogP contribution in [0.4, 0.5) is 0 Å². The van der Waals surface area contributed by atoms with Gasteiger partial charge < -0.3 is 18.6 Å². The van der Waals surface area contributed by atoms with E-state index < -0.39 is 37.6 Å². The number of halogens is 1. The molecule has 6 nitrogen and oxygen atoms in total. The zero-order chi connectivity index (χ0) is 23.2. The molecule has 2 heterocycles. The number of nitrogens with zero attached hydrogens (tertiary/aromatic N) is 1. The van der Waals surface area contributed by atoms with Crippen LogP contribution in [0, 0.1) is 4.91 Å². The number of hydrogen-bond donors (Lipinski definition) is 0. The quantitative estimate of drug-likeness (QED) is 0.272. The Morgan fingerprint density at radius 3 is 2.00 bits per heavy atom. The van der Waals surface area contributed by atoms with Crippen LogP contribution < -0.4 is 10.4 Å². The van der Waals surface area contributed by atoms with E-state index in [1.54, 1.807) is 13.8 Å². The molecule has 32 heavy (non-hydrogen) atoms. The van der Waals surface area contributed by atoms with E-state index in [2.05, 4.69) is 50.2 Å². The van der Waals surface area contributed by atoms with Crippen LogP contribution >= 0.6 is 11.6 Å². The number of alkyl halides is 1. The van der Waals surface area contributed by atoms with Gasteiger partial charge in [-0.1, -0.05) is 93.0 Å². The zero-order valence-electron chi connectivity index (χ0n) is 19.1. The molecule has 0 N–H and O–H groups in total. The summed E-state index contributed by atoms with van der Waals surface area (Å²) in [5.41, 5.74) is 0. The molecule has 1 unspecified atom stereocenters. The van der Waals surface area contributed by atoms with Gasteiger partial charge in [-0.15, -0.1) is 4.91 Å². The van der Waals surface area contributed by atoms with Crippen molar-refractivity contribution in [2.45, 2.75) is 68.9 Å². The Hall–Kier alpha value is -1.61. The summed E-state index contributed by atoms with van der Waals surface area (Å²) in [6.45, 7) is 10.1. The van der Waals surface area contributed by atoms with Crippen LogP contribution in [0.2, 0.25) is 5.04 Å². The summed E-state index contributed by atoms with van der Waals surface area (Å²) in [5.74, 6) is -0.899. The number of benzene rings is 2. The second kappa shape index (κ2) is 8.31. The van der Waals surface area contributed by atoms with E-state index in [1.807, 2.05) is 36.4 Å². The molecule has 0 bridgehead atoms. The van der Waals surface area contributed by atoms with Gasteiger partial charge in [-0.25, -0.2) is 0 Å². The van der Waals surface area contributed by atoms with Gasteiger partial charge in [0.05, 0.1) is 6.61 Å². The molecule has 2 fully saturated rings. The predicted molar refractivity (Wildman–Crippen MR) is 127 cm³/mol. The highest BCUT2D eigenvalue weighted by molar-refractivity contribution is 6.99. The van der Waals surface area contributed by atoms with E-state index >= 15 is 0 Å². The van der Waals surface area contributed by atoms with Gasteiger partial charge in [-0.05, 0) is 34.4 Å². The SMILES string of the molecule is CC1(C)OC2O[C@H](CO[Si](c3ccccc3)(c3ccccc3)C(C)(C)C)[C@@](Cl)(N=O)[C@H]2O1. The number of nitroso groups, excluding NO2 is 1. The molecule has 4 atom stereocenters. The van der Waals surface area contributed by atoms with Crippen molar-refractivity contribution in [3.8, 4) is 0 Å². The van der Waals surface area contributed by atoms with Crippen molar-refractivity contribution in [3.63, 3.8) is 0 Å². The van der Waals surface area contributed by atoms with E-state index in [9.17, 15) is 4.91 Å². The molecule has 0 amide bonds. The van der Waals surface area contributed by atoms with Crippen LogP contribution in [-0.4, -0.2) is 44.2 Å². The molecule has 2 aromatic carbocycles. The first kappa shape index (κ1) is 23.5. The second-order valence-electron chi connectivity index (χ2n) is 9.84. The maximum atomic E-state index is 11.9. The van der Waals surface area contributed by atoms with E-state index in [4.69, 9.17) is 30.2 Å². The van der Waals surface area contributed by atoms with Crippen molar-refractivity contribution < 1.29 is 18.6 Å². The van der Waals surface area contributed by atoms with Crippen LogP contribution in [0.3, 0.4) is 0 Å². The van der Waals surface area contributed by atoms with Crippen LogP contribution in [0.5, 0.6) is 0 Å². The fourth-order valence-corrected chi connectivity index (χ4v) is 9.59. The van der Waals surface area contributed by atoms with E-state index in [0.29, 0.717) is 0 Å². The maximum absolute atomic E-state index is 11.9. The van der Waals surface area contributed by atoms with E-state index in [1.165, 1.54) is 0 Å². The van der Waals surface area contributed by atoms with E-state index in [-0.39, 0.29) is 11.6 Å². The first-order valence-corrected chi connectivity index (χ1v) is 13.1. The third kappa shape index (κ3) is 3.85. The highest BCUT2D eigenvalue weighted by atomic mass is 35.5. The predicted octanol–water partition coefficient (Wildman–Crippen LogP) is 4.14. The number of hydrogen-bond acceptors (Lipinski definition) is 6. The second-order valence-corrected chi connectivity index (χ2v) is 14.8. The third-order valence-electron chi connectivity index (χ3n) is 6.21. The molecule has 2 aliphatic heterocycles. The van der Waals surface area contributed by atoms with Gasteiger partial charge in [0.2, 0.25) is 5.00 Å². The van der Waals surface area contributed by atoms with Crippen molar-refractivity contribution in [1.82, 2.24) is 0 Å². The lowest BCUT2D eigenvalue weighted by molar-refractivity contribution is -0.210. The maximum Gasteiger partial charge on any atom is 0.261 e. The van der Waals surface area contributed by atoms with Crippen LogP contribution in [-0.2, 0) is 18.6 Å². The smallest absolute Gasteiger partial charge is 0.261 e. The Balaban J connectivity index is 1.71. The summed E-state index contributed by atoms with van der Waals surface area (Å²) in [6, 6.07) is 20.5. The molecule has 2 saturated heterocycles. The Kier molecular flexibility index (Phi) is 6.11. The Labute approximate surface area is 195 Å². The zero-order valence-corrected chi connectivity index (χ0v) is 20.8. The fourth-order valence-electron chi connectivity index (χ4n) is 4.77. The number of fused-ring (bicyclic) bond motifs is 1. The van der Waals surface area contributed by atoms with Crippen molar-refractivity contribution >= 4 is 30.3 Å². The molecule has 172 valence electrons. The van der Waals surface area contributed by atoms with Gasteiger partial charge in [0.15, 0.2) is 18.2 Å². The van der Waals surface area contributed by atoms with E-state index in [0.717, 1.165) is 10.4 Å². The molecular formula is C24H30ClNO5Si. The highest BCUT2D eigenvalue weighted by Crippen LogP contribution is 2.48. The average Bonchev–Trinajstić information content (AvgIpc) is 3.19. The Bertz CT molecular complexity index is 912. The average molecular weight is 476 g/mol. The minimum absolute atomic E-state index is 0.0860. The van der Waals surface area contributed by atoms with Crippen molar-refractivity contribution in [1.29, 1.82) is 0 Å². The van der Waals surface area contributed by atoms with Gasteiger partial charge in [-0.3, -0.25) is 0 Å². The molecule has 8 heteroatoms. The summed E-state index contributed by atoms with van der Waals surface area (Å²) >= 11 is 6.71. The summed E-state index contributed by atoms with van der Waals surface area (Å²) in [6.07, 6.45) is -2.38. The summed E-state index contributed by atoms with van der Waals surface area (Å²) in [7, 11) is -2.82. The van der Waals surface area contributed by atoms with Crippen molar-refractivity contribution in [3.05, 3.63) is 65.6 Å². The molecule has 0 saturated carbocycles. The summed E-state index contributed by atoms with van der Waals surface area (Å²) < 4.78 is 24.6. The molecule has 0 radical (unpaired) electrons. The first-order valence-electron chi connectivity index (χ1n) is 10.8. The fraction of sp³-hybridized carbons (Fsp3) is 0.500. The van der Waals surface area contributed by atoms with Gasteiger partial charge in [0.1, 0.15) is 6.10 Å². The summed E-state index contributed by atoms with van der Waals surface area (Å²) in [4.78, 5) is 10.3. The normalized spacial score (nSPS) is 29.6. The Morgan fingerprint density at radius 2 is 1.53 bits per heavy atom. The lowest BCUT2D eigenvalue weighted by atomic mass is 10.1. The van der Waals surface area contributed by atoms with Crippen LogP contribution in [0.25, 0.3) is 0 Å². The van der Waals surface area contributed by atoms with Crippen molar-refractivity contribution in [2.75, 3.05) is 6.61 Å². The molecule has 0 aromatic heterocycles. The third-order valence-corrected chi connectivity index (χ3v) is 11.7. The van der Waals surface area contributed by atoms with Gasteiger partial charge in [0, 0.05) is 0 Å². The molecule has 2 aromatic rings.